The van der Waals surface area contributed by atoms with E-state index in [9.17, 15) is 9.59 Å². The molecule has 2 aromatic rings. The Morgan fingerprint density at radius 1 is 1.07 bits per heavy atom. The Kier molecular flexibility index (Phi) is 4.63. The summed E-state index contributed by atoms with van der Waals surface area (Å²) in [6.45, 7) is 5.88. The van der Waals surface area contributed by atoms with Crippen LogP contribution < -0.4 is 19.9 Å². The molecule has 0 spiro atoms. The van der Waals surface area contributed by atoms with Gasteiger partial charge >= 0.3 is 5.97 Å². The van der Waals surface area contributed by atoms with Crippen molar-refractivity contribution in [1.82, 2.24) is 4.68 Å². The van der Waals surface area contributed by atoms with Crippen LogP contribution in [-0.2, 0) is 11.3 Å². The molecule has 0 unspecified atom stereocenters. The lowest BCUT2D eigenvalue weighted by molar-refractivity contribution is 0.00672. The van der Waals surface area contributed by atoms with Gasteiger partial charge in [-0.25, -0.2) is 4.79 Å². The first kappa shape index (κ1) is 18.8. The number of ether oxygens (including phenoxy) is 3. The quantitative estimate of drug-likeness (QED) is 0.772. The van der Waals surface area contributed by atoms with Gasteiger partial charge in [-0.2, -0.15) is 0 Å². The topological polar surface area (TPSA) is 70.0 Å². The van der Waals surface area contributed by atoms with Gasteiger partial charge in [0.15, 0.2) is 16.9 Å². The van der Waals surface area contributed by atoms with E-state index in [1.165, 1.54) is 12.3 Å². The van der Waals surface area contributed by atoms with Gasteiger partial charge in [0.1, 0.15) is 11.2 Å². The Morgan fingerprint density at radius 2 is 1.70 bits per heavy atom. The summed E-state index contributed by atoms with van der Waals surface area (Å²) in [5.74, 6) is 0.580. The zero-order valence-corrected chi connectivity index (χ0v) is 16.5. The second-order valence-electron chi connectivity index (χ2n) is 7.46. The number of rotatable bonds is 3. The zero-order valence-electron chi connectivity index (χ0n) is 16.5. The number of carbonyl (C=O) groups excluding carboxylic acids is 1. The van der Waals surface area contributed by atoms with Gasteiger partial charge < -0.3 is 19.2 Å². The lowest BCUT2D eigenvalue weighted by Crippen LogP contribution is -2.37. The fraction of sp³-hybridized carbons (Fsp3) is 0.400. The van der Waals surface area contributed by atoms with Crippen LogP contribution in [0.4, 0.5) is 0 Å². The molecule has 0 N–H and O–H groups in total. The minimum atomic E-state index is -0.674. The van der Waals surface area contributed by atoms with E-state index in [2.05, 4.69) is 0 Å². The van der Waals surface area contributed by atoms with Gasteiger partial charge in [-0.3, -0.25) is 9.47 Å². The first-order valence-electron chi connectivity index (χ1n) is 8.61. The number of benzene rings is 1. The third-order valence-corrected chi connectivity index (χ3v) is 4.30. The maximum atomic E-state index is 12.6. The molecule has 0 bridgehead atoms. The Hall–Kier alpha value is -2.96. The van der Waals surface area contributed by atoms with Crippen molar-refractivity contribution >= 4 is 5.97 Å². The Morgan fingerprint density at radius 3 is 2.30 bits per heavy atom. The van der Waals surface area contributed by atoms with Crippen LogP contribution in [0.25, 0.3) is 11.3 Å². The maximum absolute atomic E-state index is 12.6. The smallest absolute Gasteiger partial charge is 0.344 e. The molecule has 144 valence electrons. The summed E-state index contributed by atoms with van der Waals surface area (Å²) in [5, 5.41) is 1.91. The fourth-order valence-electron chi connectivity index (χ4n) is 3.11. The van der Waals surface area contributed by atoms with E-state index in [4.69, 9.17) is 14.2 Å². The van der Waals surface area contributed by atoms with Crippen molar-refractivity contribution in [2.45, 2.75) is 32.9 Å². The largest absolute Gasteiger partial charge is 0.493 e. The standard InChI is InChI=1S/C20H24N2O5/c1-20(2,3)27-19(24)14-11-22-15(9-16(14)23)13-8-18(26-6)17(25-5)7-12(13)10-21(22)4/h7-9,11H,10H2,1-6H3. The molecule has 7 nitrogen and oxygen atoms in total. The van der Waals surface area contributed by atoms with Crippen LogP contribution in [0.15, 0.2) is 29.2 Å². The molecule has 0 saturated heterocycles. The molecule has 0 amide bonds. The van der Waals surface area contributed by atoms with E-state index in [1.807, 2.05) is 24.2 Å². The monoisotopic (exact) mass is 372 g/mol. The third kappa shape index (κ3) is 3.49. The highest BCUT2D eigenvalue weighted by atomic mass is 16.6. The highest BCUT2D eigenvalue weighted by Crippen LogP contribution is 2.38. The number of fused-ring (bicyclic) bond motifs is 3. The first-order chi connectivity index (χ1) is 12.6. The first-order valence-corrected chi connectivity index (χ1v) is 8.61. The molecule has 7 heteroatoms. The predicted octanol–water partition coefficient (Wildman–Crippen LogP) is 2.57. The van der Waals surface area contributed by atoms with Gasteiger partial charge in [-0.15, -0.1) is 0 Å². The van der Waals surface area contributed by atoms with E-state index >= 15 is 0 Å². The van der Waals surface area contributed by atoms with Crippen LogP contribution in [-0.4, -0.2) is 37.5 Å². The van der Waals surface area contributed by atoms with Gasteiger partial charge in [0.05, 0.1) is 26.5 Å². The summed E-state index contributed by atoms with van der Waals surface area (Å²) in [5.41, 5.74) is 1.48. The molecule has 27 heavy (non-hydrogen) atoms. The Balaban J connectivity index is 2.15. The Labute approximate surface area is 158 Å². The number of hydrogen-bond acceptors (Lipinski definition) is 6. The van der Waals surface area contributed by atoms with Crippen molar-refractivity contribution in [2.75, 3.05) is 26.3 Å². The number of hydrogen-bond donors (Lipinski definition) is 0. The van der Waals surface area contributed by atoms with Crippen molar-refractivity contribution < 1.29 is 19.0 Å². The van der Waals surface area contributed by atoms with Gasteiger partial charge in [-0.1, -0.05) is 0 Å². The number of carbonyl (C=O) groups is 1. The zero-order chi connectivity index (χ0) is 19.9. The summed E-state index contributed by atoms with van der Waals surface area (Å²) in [6, 6.07) is 5.21. The summed E-state index contributed by atoms with van der Waals surface area (Å²) in [6.07, 6.45) is 1.53. The third-order valence-electron chi connectivity index (χ3n) is 4.30. The second-order valence-corrected chi connectivity index (χ2v) is 7.46. The molecule has 0 atom stereocenters. The molecule has 0 radical (unpaired) electrons. The molecule has 0 saturated carbocycles. The predicted molar refractivity (Wildman–Crippen MR) is 102 cm³/mol. The summed E-state index contributed by atoms with van der Waals surface area (Å²) >= 11 is 0. The van der Waals surface area contributed by atoms with E-state index < -0.39 is 11.6 Å². The van der Waals surface area contributed by atoms with Crippen LogP contribution >= 0.6 is 0 Å². The number of methoxy groups -OCH3 is 2. The maximum Gasteiger partial charge on any atom is 0.344 e. The molecule has 1 aromatic heterocycles. The van der Waals surface area contributed by atoms with Crippen LogP contribution in [0, 0.1) is 0 Å². The van der Waals surface area contributed by atoms with Crippen LogP contribution in [0.2, 0.25) is 0 Å². The summed E-state index contributed by atoms with van der Waals surface area (Å²) in [4.78, 5) is 25.0. The minimum absolute atomic E-state index is 0.00412. The highest BCUT2D eigenvalue weighted by molar-refractivity contribution is 5.90. The van der Waals surface area contributed by atoms with Crippen molar-refractivity contribution in [2.24, 2.45) is 0 Å². The lowest BCUT2D eigenvalue weighted by atomic mass is 10.00. The molecular formula is C20H24N2O5. The number of esters is 1. The van der Waals surface area contributed by atoms with Gasteiger partial charge in [0.25, 0.3) is 0 Å². The van der Waals surface area contributed by atoms with Crippen LogP contribution in [0.3, 0.4) is 0 Å². The van der Waals surface area contributed by atoms with Crippen molar-refractivity contribution in [1.29, 1.82) is 0 Å². The van der Waals surface area contributed by atoms with Crippen LogP contribution in [0.5, 0.6) is 11.5 Å². The van der Waals surface area contributed by atoms with E-state index in [-0.39, 0.29) is 11.0 Å². The molecular weight excluding hydrogens is 348 g/mol. The average Bonchev–Trinajstić information content (AvgIpc) is 2.58. The van der Waals surface area contributed by atoms with Crippen molar-refractivity contribution in [3.8, 4) is 22.8 Å². The molecule has 0 aliphatic carbocycles. The molecule has 1 aliphatic heterocycles. The highest BCUT2D eigenvalue weighted by Gasteiger charge is 2.26. The fourth-order valence-corrected chi connectivity index (χ4v) is 3.11. The van der Waals surface area contributed by atoms with Gasteiger partial charge in [-0.05, 0) is 38.5 Å². The van der Waals surface area contributed by atoms with Gasteiger partial charge in [0.2, 0.25) is 0 Å². The molecule has 0 fully saturated rings. The molecule has 3 rings (SSSR count). The van der Waals surface area contributed by atoms with Crippen molar-refractivity contribution in [3.05, 3.63) is 45.7 Å². The number of pyridine rings is 1. The number of aromatic nitrogens is 1. The SMILES string of the molecule is COc1cc2c(cc1OC)-c1cc(=O)c(C(=O)OC(C)(C)C)cn1N(C)C2. The average molecular weight is 372 g/mol. The van der Waals surface area contributed by atoms with E-state index in [0.717, 1.165) is 11.1 Å². The Bertz CT molecular complexity index is 956. The van der Waals surface area contributed by atoms with E-state index in [1.54, 1.807) is 39.7 Å². The minimum Gasteiger partial charge on any atom is -0.493 e. The second kappa shape index (κ2) is 6.64. The summed E-state index contributed by atoms with van der Waals surface area (Å²) < 4.78 is 17.9. The van der Waals surface area contributed by atoms with Gasteiger partial charge in [0, 0.05) is 24.9 Å². The molecule has 1 aliphatic rings. The lowest BCUT2D eigenvalue weighted by Gasteiger charge is -2.33. The van der Waals surface area contributed by atoms with Crippen LogP contribution in [0.1, 0.15) is 36.7 Å². The normalized spacial score (nSPS) is 12.9. The summed E-state index contributed by atoms with van der Waals surface area (Å²) in [7, 11) is 5.03. The van der Waals surface area contributed by atoms with Crippen molar-refractivity contribution in [3.63, 3.8) is 0 Å². The molecule has 2 heterocycles. The number of nitrogens with zero attached hydrogens (tertiary/aromatic N) is 2. The van der Waals surface area contributed by atoms with E-state index in [0.29, 0.717) is 23.7 Å². The molecule has 1 aromatic carbocycles.